The number of ether oxygens (including phenoxy) is 1. The van der Waals surface area contributed by atoms with Crippen molar-refractivity contribution in [3.05, 3.63) is 47.3 Å². The van der Waals surface area contributed by atoms with Crippen LogP contribution in [0.4, 0.5) is 0 Å². The summed E-state index contributed by atoms with van der Waals surface area (Å²) in [5, 5.41) is 16.5. The van der Waals surface area contributed by atoms with Gasteiger partial charge in [0.15, 0.2) is 6.61 Å². The molecule has 3 rings (SSSR count). The van der Waals surface area contributed by atoms with Crippen LogP contribution >= 0.6 is 0 Å². The Kier molecular flexibility index (Phi) is 4.80. The summed E-state index contributed by atoms with van der Waals surface area (Å²) in [6.45, 7) is 2.73. The molecule has 1 N–H and O–H groups in total. The van der Waals surface area contributed by atoms with Crippen LogP contribution in [-0.2, 0) is 17.8 Å². The second-order valence-electron chi connectivity index (χ2n) is 5.93. The number of amides is 1. The molecule has 1 aromatic carbocycles. The van der Waals surface area contributed by atoms with Gasteiger partial charge in [0.25, 0.3) is 5.91 Å². The summed E-state index contributed by atoms with van der Waals surface area (Å²) in [4.78, 5) is 12.1. The van der Waals surface area contributed by atoms with Gasteiger partial charge in [-0.15, -0.1) is 0 Å². The smallest absolute Gasteiger partial charge is 0.258 e. The third kappa shape index (κ3) is 3.57. The maximum absolute atomic E-state index is 12.1. The summed E-state index contributed by atoms with van der Waals surface area (Å²) < 4.78 is 7.48. The zero-order chi connectivity index (χ0) is 16.9. The lowest BCUT2D eigenvalue weighted by atomic mass is 10.1. The molecular formula is C18H20N4O2. The van der Waals surface area contributed by atoms with Crippen molar-refractivity contribution in [3.63, 3.8) is 0 Å². The van der Waals surface area contributed by atoms with Gasteiger partial charge in [-0.25, -0.2) is 0 Å². The van der Waals surface area contributed by atoms with Crippen molar-refractivity contribution < 1.29 is 9.53 Å². The summed E-state index contributed by atoms with van der Waals surface area (Å²) >= 11 is 0. The van der Waals surface area contributed by atoms with Gasteiger partial charge in [0, 0.05) is 12.2 Å². The maximum atomic E-state index is 12.1. The van der Waals surface area contributed by atoms with E-state index >= 15 is 0 Å². The summed E-state index contributed by atoms with van der Waals surface area (Å²) in [6.07, 6.45) is 3.39. The first-order valence-electron chi connectivity index (χ1n) is 8.15. The number of nitriles is 1. The lowest BCUT2D eigenvalue weighted by molar-refractivity contribution is -0.123. The van der Waals surface area contributed by atoms with Crippen LogP contribution in [0.15, 0.2) is 30.3 Å². The van der Waals surface area contributed by atoms with Gasteiger partial charge in [0.2, 0.25) is 0 Å². The Morgan fingerprint density at radius 3 is 3.08 bits per heavy atom. The van der Waals surface area contributed by atoms with Crippen molar-refractivity contribution in [3.8, 4) is 11.8 Å². The van der Waals surface area contributed by atoms with Gasteiger partial charge < -0.3 is 10.1 Å². The lowest BCUT2D eigenvalue weighted by Gasteiger charge is -2.13. The number of hydrogen-bond donors (Lipinski definition) is 1. The topological polar surface area (TPSA) is 79.9 Å². The number of hydrogen-bond acceptors (Lipinski definition) is 4. The molecule has 1 aliphatic heterocycles. The Morgan fingerprint density at radius 2 is 2.29 bits per heavy atom. The number of nitrogens with one attached hydrogen (secondary N) is 1. The summed E-state index contributed by atoms with van der Waals surface area (Å²) in [5.41, 5.74) is 2.52. The Bertz CT molecular complexity index is 752. The molecule has 1 aromatic heterocycles. The minimum atomic E-state index is -0.235. The van der Waals surface area contributed by atoms with E-state index in [4.69, 9.17) is 10.00 Å². The van der Waals surface area contributed by atoms with Crippen LogP contribution < -0.4 is 10.1 Å². The van der Waals surface area contributed by atoms with Crippen LogP contribution in [0.3, 0.4) is 0 Å². The number of fused-ring (bicyclic) bond motifs is 1. The van der Waals surface area contributed by atoms with E-state index in [9.17, 15) is 4.79 Å². The average molecular weight is 324 g/mol. The first-order chi connectivity index (χ1) is 11.7. The van der Waals surface area contributed by atoms with E-state index in [-0.39, 0.29) is 18.6 Å². The number of aryl methyl sites for hydroxylation is 2. The average Bonchev–Trinajstić information content (AvgIpc) is 3.04. The van der Waals surface area contributed by atoms with E-state index in [2.05, 4.69) is 16.5 Å². The molecule has 0 spiro atoms. The van der Waals surface area contributed by atoms with Crippen molar-refractivity contribution in [2.24, 2.45) is 0 Å². The zero-order valence-electron chi connectivity index (χ0n) is 13.7. The molecule has 6 heteroatoms. The first kappa shape index (κ1) is 16.1. The third-order valence-electron chi connectivity index (χ3n) is 4.12. The molecule has 1 atom stereocenters. The molecule has 0 saturated heterocycles. The highest BCUT2D eigenvalue weighted by Crippen LogP contribution is 2.19. The van der Waals surface area contributed by atoms with E-state index in [1.807, 2.05) is 17.7 Å². The molecule has 0 bridgehead atoms. The van der Waals surface area contributed by atoms with E-state index in [1.165, 1.54) is 12.1 Å². The van der Waals surface area contributed by atoms with E-state index < -0.39 is 0 Å². The van der Waals surface area contributed by atoms with Crippen LogP contribution in [0.1, 0.15) is 42.8 Å². The second kappa shape index (κ2) is 7.18. The normalized spacial score (nSPS) is 14.3. The molecule has 1 amide bonds. The highest BCUT2D eigenvalue weighted by atomic mass is 16.5. The second-order valence-corrected chi connectivity index (χ2v) is 5.93. The number of benzene rings is 1. The number of aromatic nitrogens is 2. The van der Waals surface area contributed by atoms with Gasteiger partial charge in [-0.3, -0.25) is 9.48 Å². The predicted octanol–water partition coefficient (Wildman–Crippen LogP) is 2.35. The van der Waals surface area contributed by atoms with E-state index in [1.54, 1.807) is 24.3 Å². The number of carbonyl (C=O) groups excluding carboxylic acids is 1. The standard InChI is InChI=1S/C18H20N4O2/c1-13(16-10-15-7-4-5-9-22(15)21-16)20-18(23)12-24-17-8-3-2-6-14(17)11-19/h2-3,6,8,10,13H,4-5,7,9,12H2,1H3,(H,20,23). The number of nitrogens with zero attached hydrogens (tertiary/aromatic N) is 3. The number of carbonyl (C=O) groups is 1. The molecule has 124 valence electrons. The first-order valence-corrected chi connectivity index (χ1v) is 8.15. The predicted molar refractivity (Wildman–Crippen MR) is 88.4 cm³/mol. The van der Waals surface area contributed by atoms with Gasteiger partial charge in [0.1, 0.15) is 11.8 Å². The van der Waals surface area contributed by atoms with E-state index in [0.29, 0.717) is 11.3 Å². The van der Waals surface area contributed by atoms with Gasteiger partial charge in [-0.1, -0.05) is 12.1 Å². The van der Waals surface area contributed by atoms with E-state index in [0.717, 1.165) is 25.1 Å². The molecule has 2 aromatic rings. The highest BCUT2D eigenvalue weighted by Gasteiger charge is 2.17. The van der Waals surface area contributed by atoms with Gasteiger partial charge in [-0.2, -0.15) is 10.4 Å². The molecule has 2 heterocycles. The summed E-state index contributed by atoms with van der Waals surface area (Å²) in [6, 6.07) is 10.8. The van der Waals surface area contributed by atoms with Crippen molar-refractivity contribution in [1.29, 1.82) is 5.26 Å². The molecule has 0 fully saturated rings. The highest BCUT2D eigenvalue weighted by molar-refractivity contribution is 5.78. The summed E-state index contributed by atoms with van der Waals surface area (Å²) in [5.74, 6) is 0.182. The minimum absolute atomic E-state index is 0.128. The fourth-order valence-corrected chi connectivity index (χ4v) is 2.84. The van der Waals surface area contributed by atoms with Crippen molar-refractivity contribution in [2.45, 2.75) is 38.8 Å². The van der Waals surface area contributed by atoms with Crippen LogP contribution in [0.25, 0.3) is 0 Å². The molecule has 0 saturated carbocycles. The maximum Gasteiger partial charge on any atom is 0.258 e. The fourth-order valence-electron chi connectivity index (χ4n) is 2.84. The zero-order valence-corrected chi connectivity index (χ0v) is 13.7. The largest absolute Gasteiger partial charge is 0.482 e. The van der Waals surface area contributed by atoms with Gasteiger partial charge >= 0.3 is 0 Å². The van der Waals surface area contributed by atoms with Gasteiger partial charge in [0.05, 0.1) is 17.3 Å². The molecule has 24 heavy (non-hydrogen) atoms. The molecule has 6 nitrogen and oxygen atoms in total. The lowest BCUT2D eigenvalue weighted by Crippen LogP contribution is -2.31. The number of rotatable bonds is 5. The van der Waals surface area contributed by atoms with Crippen LogP contribution in [-0.4, -0.2) is 22.3 Å². The quantitative estimate of drug-likeness (QED) is 0.915. The van der Waals surface area contributed by atoms with Crippen molar-refractivity contribution >= 4 is 5.91 Å². The van der Waals surface area contributed by atoms with Crippen molar-refractivity contribution in [2.75, 3.05) is 6.61 Å². The minimum Gasteiger partial charge on any atom is -0.482 e. The Hall–Kier alpha value is -2.81. The monoisotopic (exact) mass is 324 g/mol. The van der Waals surface area contributed by atoms with Gasteiger partial charge in [-0.05, 0) is 44.4 Å². The Balaban J connectivity index is 1.56. The Labute approximate surface area is 141 Å². The molecule has 0 radical (unpaired) electrons. The van der Waals surface area contributed by atoms with Crippen molar-refractivity contribution in [1.82, 2.24) is 15.1 Å². The van der Waals surface area contributed by atoms with Crippen LogP contribution in [0.5, 0.6) is 5.75 Å². The summed E-state index contributed by atoms with van der Waals surface area (Å²) in [7, 11) is 0. The Morgan fingerprint density at radius 1 is 1.46 bits per heavy atom. The third-order valence-corrected chi connectivity index (χ3v) is 4.12. The SMILES string of the molecule is CC(NC(=O)COc1ccccc1C#N)c1cc2n(n1)CCCC2. The molecule has 1 unspecified atom stereocenters. The molecule has 1 aliphatic rings. The molecular weight excluding hydrogens is 304 g/mol. The molecule has 0 aliphatic carbocycles. The van der Waals surface area contributed by atoms with Crippen LogP contribution in [0.2, 0.25) is 0 Å². The van der Waals surface area contributed by atoms with Crippen LogP contribution in [0, 0.1) is 11.3 Å². The number of para-hydroxylation sites is 1. The fraction of sp³-hybridized carbons (Fsp3) is 0.389.